The van der Waals surface area contributed by atoms with Crippen LogP contribution in [0.5, 0.6) is 5.75 Å². The Morgan fingerprint density at radius 2 is 1.59 bits per heavy atom. The van der Waals surface area contributed by atoms with E-state index in [1.54, 1.807) is 0 Å². The maximum absolute atomic E-state index is 13.3. The normalized spacial score (nSPS) is 12.2. The van der Waals surface area contributed by atoms with Crippen molar-refractivity contribution in [1.29, 1.82) is 0 Å². The van der Waals surface area contributed by atoms with Crippen LogP contribution in [0.3, 0.4) is 0 Å². The van der Waals surface area contributed by atoms with Crippen molar-refractivity contribution < 1.29 is 4.74 Å². The number of ether oxygens (including phenoxy) is 1. The number of hydrogen-bond acceptors (Lipinski definition) is 6. The molecule has 6 aromatic rings. The van der Waals surface area contributed by atoms with Crippen molar-refractivity contribution in [3.8, 4) is 22.7 Å². The molecule has 0 aliphatic heterocycles. The maximum Gasteiger partial charge on any atom is 0.291 e. The third-order valence-electron chi connectivity index (χ3n) is 5.97. The standard InChI is InChI=1S/C31H25N5O2S/c1-21(2)38-26-16-14-23(15-17-26)29-24(20-35(34-29)25-11-7-4-8-12-25)19-27-30(37)36-31(39-27)32-28(33-36)18-13-22-9-5-3-6-10-22/h3-21H,1-2H3. The molecule has 192 valence electrons. The van der Waals surface area contributed by atoms with Crippen molar-refractivity contribution in [2.45, 2.75) is 20.0 Å². The Bertz CT molecular complexity index is 1870. The molecule has 0 atom stereocenters. The van der Waals surface area contributed by atoms with Gasteiger partial charge in [0.1, 0.15) is 11.4 Å². The Kier molecular flexibility index (Phi) is 6.61. The lowest BCUT2D eigenvalue weighted by Crippen LogP contribution is -2.23. The van der Waals surface area contributed by atoms with E-state index in [9.17, 15) is 4.79 Å². The van der Waals surface area contributed by atoms with Crippen LogP contribution in [0.1, 0.15) is 30.8 Å². The molecular formula is C31H25N5O2S. The van der Waals surface area contributed by atoms with Crippen LogP contribution in [0, 0.1) is 0 Å². The smallest absolute Gasteiger partial charge is 0.291 e. The van der Waals surface area contributed by atoms with Gasteiger partial charge in [-0.3, -0.25) is 4.79 Å². The van der Waals surface area contributed by atoms with Crippen LogP contribution >= 0.6 is 11.3 Å². The number of fused-ring (bicyclic) bond motifs is 1. The van der Waals surface area contributed by atoms with Crippen molar-refractivity contribution in [1.82, 2.24) is 24.4 Å². The molecule has 39 heavy (non-hydrogen) atoms. The predicted octanol–water partition coefficient (Wildman–Crippen LogP) is 5.51. The molecule has 3 aromatic heterocycles. The number of para-hydroxylation sites is 1. The summed E-state index contributed by atoms with van der Waals surface area (Å²) in [6.07, 6.45) is 7.63. The maximum atomic E-state index is 13.3. The highest BCUT2D eigenvalue weighted by molar-refractivity contribution is 7.15. The summed E-state index contributed by atoms with van der Waals surface area (Å²) >= 11 is 1.31. The molecule has 0 bridgehead atoms. The van der Waals surface area contributed by atoms with E-state index in [4.69, 9.17) is 9.84 Å². The molecule has 3 aromatic carbocycles. The van der Waals surface area contributed by atoms with Gasteiger partial charge in [0.15, 0.2) is 5.82 Å². The highest BCUT2D eigenvalue weighted by atomic mass is 32.1. The van der Waals surface area contributed by atoms with Crippen LogP contribution in [-0.4, -0.2) is 30.5 Å². The van der Waals surface area contributed by atoms with Crippen LogP contribution in [-0.2, 0) is 0 Å². The van der Waals surface area contributed by atoms with Crippen molar-refractivity contribution in [3.05, 3.63) is 123 Å². The molecule has 0 N–H and O–H groups in total. The lowest BCUT2D eigenvalue weighted by Gasteiger charge is -2.09. The van der Waals surface area contributed by atoms with Crippen LogP contribution in [0.4, 0.5) is 0 Å². The van der Waals surface area contributed by atoms with Crippen molar-refractivity contribution in [2.24, 2.45) is 0 Å². The van der Waals surface area contributed by atoms with Gasteiger partial charge < -0.3 is 4.74 Å². The van der Waals surface area contributed by atoms with Gasteiger partial charge in [-0.1, -0.05) is 65.9 Å². The van der Waals surface area contributed by atoms with E-state index in [-0.39, 0.29) is 11.7 Å². The second kappa shape index (κ2) is 10.5. The summed E-state index contributed by atoms with van der Waals surface area (Å²) in [6.45, 7) is 4.00. The molecule has 3 heterocycles. The van der Waals surface area contributed by atoms with E-state index < -0.39 is 0 Å². The van der Waals surface area contributed by atoms with E-state index in [0.717, 1.165) is 33.8 Å². The Morgan fingerprint density at radius 1 is 0.872 bits per heavy atom. The quantitative estimate of drug-likeness (QED) is 0.272. The number of hydrogen-bond donors (Lipinski definition) is 0. The molecule has 6 rings (SSSR count). The van der Waals surface area contributed by atoms with Gasteiger partial charge in [0, 0.05) is 17.3 Å². The van der Waals surface area contributed by atoms with Gasteiger partial charge in [0.2, 0.25) is 4.96 Å². The fourth-order valence-electron chi connectivity index (χ4n) is 4.19. The number of aromatic nitrogens is 5. The second-order valence-electron chi connectivity index (χ2n) is 9.23. The van der Waals surface area contributed by atoms with Crippen LogP contribution in [0.2, 0.25) is 0 Å². The lowest BCUT2D eigenvalue weighted by molar-refractivity contribution is 0.242. The van der Waals surface area contributed by atoms with E-state index in [1.165, 1.54) is 15.9 Å². The first-order valence-corrected chi connectivity index (χ1v) is 13.4. The predicted molar refractivity (Wildman–Crippen MR) is 156 cm³/mol. The summed E-state index contributed by atoms with van der Waals surface area (Å²) in [6, 6.07) is 27.6. The molecule has 0 saturated carbocycles. The van der Waals surface area contributed by atoms with Crippen molar-refractivity contribution >= 4 is 34.5 Å². The second-order valence-corrected chi connectivity index (χ2v) is 10.2. The van der Waals surface area contributed by atoms with Crippen molar-refractivity contribution in [2.75, 3.05) is 0 Å². The van der Waals surface area contributed by atoms with Gasteiger partial charge in [-0.25, -0.2) is 4.68 Å². The number of benzene rings is 3. The molecule has 7 nitrogen and oxygen atoms in total. The first-order valence-electron chi connectivity index (χ1n) is 12.6. The fraction of sp³-hybridized carbons (Fsp3) is 0.0968. The minimum absolute atomic E-state index is 0.0909. The third kappa shape index (κ3) is 5.28. The van der Waals surface area contributed by atoms with Gasteiger partial charge in [-0.05, 0) is 68.0 Å². The SMILES string of the molecule is CC(C)Oc1ccc(-c2nn(-c3ccccc3)cc2C=c2sc3nc(C=Cc4ccccc4)nn3c2=O)cc1. The highest BCUT2D eigenvalue weighted by Gasteiger charge is 2.14. The molecular weight excluding hydrogens is 506 g/mol. The van der Waals surface area contributed by atoms with E-state index in [2.05, 4.69) is 10.1 Å². The molecule has 0 saturated heterocycles. The lowest BCUT2D eigenvalue weighted by atomic mass is 10.1. The Balaban J connectivity index is 1.40. The van der Waals surface area contributed by atoms with E-state index in [0.29, 0.717) is 15.3 Å². The minimum Gasteiger partial charge on any atom is -0.491 e. The molecule has 0 unspecified atom stereocenters. The topological polar surface area (TPSA) is 74.3 Å². The van der Waals surface area contributed by atoms with E-state index in [1.807, 2.05) is 128 Å². The summed E-state index contributed by atoms with van der Waals surface area (Å²) < 4.78 is 9.53. The van der Waals surface area contributed by atoms with Crippen molar-refractivity contribution in [3.63, 3.8) is 0 Å². The zero-order chi connectivity index (χ0) is 26.8. The summed E-state index contributed by atoms with van der Waals surface area (Å²) in [4.78, 5) is 18.4. The van der Waals surface area contributed by atoms with Crippen LogP contribution in [0.25, 0.3) is 40.1 Å². The minimum atomic E-state index is -0.207. The molecule has 0 aliphatic rings. The Labute approximate surface area is 229 Å². The first-order chi connectivity index (χ1) is 19.0. The van der Waals surface area contributed by atoms with Crippen LogP contribution < -0.4 is 14.8 Å². The summed E-state index contributed by atoms with van der Waals surface area (Å²) in [5.74, 6) is 1.29. The van der Waals surface area contributed by atoms with Gasteiger partial charge in [0.05, 0.1) is 16.3 Å². The zero-order valence-electron chi connectivity index (χ0n) is 21.4. The number of thiazole rings is 1. The van der Waals surface area contributed by atoms with Gasteiger partial charge >= 0.3 is 0 Å². The Morgan fingerprint density at radius 3 is 2.28 bits per heavy atom. The Hall–Kier alpha value is -4.82. The molecule has 0 fully saturated rings. The zero-order valence-corrected chi connectivity index (χ0v) is 22.2. The molecule has 0 amide bonds. The monoisotopic (exact) mass is 531 g/mol. The molecule has 0 spiro atoms. The molecule has 0 aliphatic carbocycles. The highest BCUT2D eigenvalue weighted by Crippen LogP contribution is 2.27. The van der Waals surface area contributed by atoms with E-state index >= 15 is 0 Å². The van der Waals surface area contributed by atoms with Gasteiger partial charge in [-0.15, -0.1) is 5.10 Å². The first kappa shape index (κ1) is 24.5. The summed E-state index contributed by atoms with van der Waals surface area (Å²) in [5.41, 5.74) is 4.27. The molecule has 0 radical (unpaired) electrons. The largest absolute Gasteiger partial charge is 0.491 e. The van der Waals surface area contributed by atoms with Gasteiger partial charge in [0.25, 0.3) is 5.56 Å². The van der Waals surface area contributed by atoms with Crippen LogP contribution in [0.15, 0.2) is 95.9 Å². The fourth-order valence-corrected chi connectivity index (χ4v) is 5.10. The average Bonchev–Trinajstić information content (AvgIpc) is 3.64. The summed E-state index contributed by atoms with van der Waals surface area (Å²) in [7, 11) is 0. The number of nitrogens with zero attached hydrogens (tertiary/aromatic N) is 5. The third-order valence-corrected chi connectivity index (χ3v) is 6.93. The molecule has 8 heteroatoms. The number of rotatable bonds is 7. The van der Waals surface area contributed by atoms with Gasteiger partial charge in [-0.2, -0.15) is 14.6 Å². The summed E-state index contributed by atoms with van der Waals surface area (Å²) in [5, 5.41) is 9.29. The average molecular weight is 532 g/mol.